The van der Waals surface area contributed by atoms with E-state index >= 15 is 0 Å². The monoisotopic (exact) mass is 776 g/mol. The third kappa shape index (κ3) is 4.09. The van der Waals surface area contributed by atoms with E-state index < -0.39 is 5.41 Å². The Morgan fingerprint density at radius 3 is 1.86 bits per heavy atom. The molecule has 2 aliphatic carbocycles. The molecule has 0 unspecified atom stereocenters. The van der Waals surface area contributed by atoms with Gasteiger partial charge in [0.25, 0.3) is 0 Å². The van der Waals surface area contributed by atoms with Crippen molar-refractivity contribution in [1.29, 1.82) is 0 Å². The molecule has 0 N–H and O–H groups in total. The molecule has 0 bridgehead atoms. The van der Waals surface area contributed by atoms with Gasteiger partial charge in [0.2, 0.25) is 0 Å². The van der Waals surface area contributed by atoms with Crippen LogP contribution in [0.5, 0.6) is 0 Å². The van der Waals surface area contributed by atoms with Crippen LogP contribution in [0.2, 0.25) is 0 Å². The Kier molecular flexibility index (Phi) is 6.50. The largest absolute Gasteiger partial charge is 0.376 e. The second-order valence-corrected chi connectivity index (χ2v) is 20.2. The highest BCUT2D eigenvalue weighted by molar-refractivity contribution is 7.26. The number of hydrogen-bond donors (Lipinski definition) is 0. The summed E-state index contributed by atoms with van der Waals surface area (Å²) in [7, 11) is 0. The van der Waals surface area contributed by atoms with Gasteiger partial charge in [0, 0.05) is 27.3 Å². The van der Waals surface area contributed by atoms with Crippen LogP contribution in [0.3, 0.4) is 0 Å². The van der Waals surface area contributed by atoms with Crippen molar-refractivity contribution >= 4 is 66.9 Å². The summed E-state index contributed by atoms with van der Waals surface area (Å²) in [5.74, 6) is 0. The number of rotatable bonds is 1. The molecule has 3 aliphatic heterocycles. The molecule has 13 rings (SSSR count). The van der Waals surface area contributed by atoms with E-state index in [9.17, 15) is 0 Å². The highest BCUT2D eigenvalue weighted by Gasteiger charge is 2.56. The van der Waals surface area contributed by atoms with Crippen LogP contribution >= 0.6 is 11.3 Å². The first kappa shape index (κ1) is 34.1. The molecule has 7 aromatic carbocycles. The maximum atomic E-state index is 2.77. The molecule has 1 aromatic heterocycles. The van der Waals surface area contributed by atoms with Gasteiger partial charge < -0.3 is 9.71 Å². The maximum absolute atomic E-state index is 2.77. The Morgan fingerprint density at radius 1 is 0.508 bits per heavy atom. The standard InChI is InChI=1S/C55H45BN2S/c1-32-28-38-36-19-15-23-42-51(36)58(45-24-13-12-22-41(45)55(42)39-20-10-7-16-34(39)35-17-8-11-21-40(35)55)56-49(38)47(29-32)57(52-50(56)37-18-9-14-25-48(37)59-52)46-31-44-43(30-33(46)2)53(3,4)26-27-54(44,5)6/h7-25,28-31H,26-27H2,1-6H3. The number of thiophene rings is 1. The van der Waals surface area contributed by atoms with Crippen molar-refractivity contribution < 1.29 is 0 Å². The fourth-order valence-corrected chi connectivity index (χ4v) is 13.6. The highest BCUT2D eigenvalue weighted by atomic mass is 32.1. The molecule has 284 valence electrons. The first-order chi connectivity index (χ1) is 28.6. The zero-order valence-electron chi connectivity index (χ0n) is 34.6. The van der Waals surface area contributed by atoms with Crippen LogP contribution in [0, 0.1) is 13.8 Å². The zero-order valence-corrected chi connectivity index (χ0v) is 35.4. The van der Waals surface area contributed by atoms with Crippen LogP contribution in [-0.2, 0) is 16.2 Å². The van der Waals surface area contributed by atoms with Gasteiger partial charge >= 0.3 is 6.85 Å². The molecule has 0 fully saturated rings. The van der Waals surface area contributed by atoms with Gasteiger partial charge in [-0.05, 0) is 139 Å². The lowest BCUT2D eigenvalue weighted by Gasteiger charge is -2.52. The number of anilines is 5. The maximum Gasteiger partial charge on any atom is 0.334 e. The van der Waals surface area contributed by atoms with Crippen molar-refractivity contribution in [2.24, 2.45) is 0 Å². The van der Waals surface area contributed by atoms with Crippen LogP contribution in [-0.4, -0.2) is 6.85 Å². The second-order valence-electron chi connectivity index (χ2n) is 19.2. The molecule has 8 aromatic rings. The number of hydrogen-bond acceptors (Lipinski definition) is 3. The first-order valence-electron chi connectivity index (χ1n) is 21.4. The fraction of sp³-hybridized carbons (Fsp3) is 0.200. The van der Waals surface area contributed by atoms with Crippen LogP contribution in [0.1, 0.15) is 85.0 Å². The summed E-state index contributed by atoms with van der Waals surface area (Å²) in [5, 5.41) is 2.69. The minimum atomic E-state index is -0.448. The molecule has 5 aliphatic rings. The Balaban J connectivity index is 1.17. The third-order valence-electron chi connectivity index (χ3n) is 15.1. The molecule has 4 heterocycles. The molecular weight excluding hydrogens is 731 g/mol. The van der Waals surface area contributed by atoms with Crippen molar-refractivity contribution in [1.82, 2.24) is 0 Å². The summed E-state index contributed by atoms with van der Waals surface area (Å²) >= 11 is 1.96. The van der Waals surface area contributed by atoms with E-state index in [0.717, 1.165) is 0 Å². The summed E-state index contributed by atoms with van der Waals surface area (Å²) in [6, 6.07) is 54.2. The molecule has 59 heavy (non-hydrogen) atoms. The first-order valence-corrected chi connectivity index (χ1v) is 22.2. The molecule has 2 nitrogen and oxygen atoms in total. The molecule has 0 amide bonds. The molecular formula is C55H45BN2S. The average Bonchev–Trinajstić information content (AvgIpc) is 3.77. The lowest BCUT2D eigenvalue weighted by atomic mass is 9.42. The van der Waals surface area contributed by atoms with E-state index in [1.165, 1.54) is 128 Å². The minimum absolute atomic E-state index is 0.0182. The van der Waals surface area contributed by atoms with Crippen LogP contribution < -0.4 is 20.6 Å². The van der Waals surface area contributed by atoms with Crippen LogP contribution in [0.25, 0.3) is 32.3 Å². The van der Waals surface area contributed by atoms with Gasteiger partial charge in [0.05, 0.1) is 16.1 Å². The number of fused-ring (bicyclic) bond motifs is 16. The van der Waals surface area contributed by atoms with Gasteiger partial charge in [-0.2, -0.15) is 0 Å². The molecule has 1 spiro atoms. The zero-order chi connectivity index (χ0) is 39.7. The van der Waals surface area contributed by atoms with Gasteiger partial charge in [-0.25, -0.2) is 0 Å². The van der Waals surface area contributed by atoms with Crippen LogP contribution in [0.4, 0.5) is 27.8 Å². The van der Waals surface area contributed by atoms with Gasteiger partial charge in [-0.3, -0.25) is 0 Å². The summed E-state index contributed by atoms with van der Waals surface area (Å²) in [5.41, 5.74) is 24.4. The third-order valence-corrected chi connectivity index (χ3v) is 16.2. The quantitative estimate of drug-likeness (QED) is 0.153. The van der Waals surface area contributed by atoms with Gasteiger partial charge in [0.1, 0.15) is 0 Å². The van der Waals surface area contributed by atoms with E-state index in [1.807, 2.05) is 11.3 Å². The van der Waals surface area contributed by atoms with Crippen molar-refractivity contribution in [3.8, 4) is 22.3 Å². The number of para-hydroxylation sites is 2. The smallest absolute Gasteiger partial charge is 0.334 e. The van der Waals surface area contributed by atoms with E-state index in [2.05, 4.69) is 191 Å². The summed E-state index contributed by atoms with van der Waals surface area (Å²) in [6.07, 6.45) is 2.40. The van der Waals surface area contributed by atoms with E-state index in [4.69, 9.17) is 0 Å². The summed E-state index contributed by atoms with van der Waals surface area (Å²) < 4.78 is 1.34. The molecule has 0 saturated carbocycles. The van der Waals surface area contributed by atoms with E-state index in [1.54, 1.807) is 0 Å². The highest BCUT2D eigenvalue weighted by Crippen LogP contribution is 2.65. The van der Waals surface area contributed by atoms with Crippen molar-refractivity contribution in [2.75, 3.05) is 9.71 Å². The predicted molar refractivity (Wildman–Crippen MR) is 251 cm³/mol. The van der Waals surface area contributed by atoms with E-state index in [0.29, 0.717) is 0 Å². The lowest BCUT2D eigenvalue weighted by Crippen LogP contribution is -2.63. The van der Waals surface area contributed by atoms with Crippen molar-refractivity contribution in [3.63, 3.8) is 0 Å². The van der Waals surface area contributed by atoms with Crippen molar-refractivity contribution in [2.45, 2.75) is 70.6 Å². The Morgan fingerprint density at radius 2 is 1.12 bits per heavy atom. The summed E-state index contributed by atoms with van der Waals surface area (Å²) in [6.45, 7) is 14.5. The Bertz CT molecular complexity index is 3140. The number of benzene rings is 7. The fourth-order valence-electron chi connectivity index (χ4n) is 12.3. The Labute approximate surface area is 351 Å². The topological polar surface area (TPSA) is 6.48 Å². The number of aryl methyl sites for hydroxylation is 2. The van der Waals surface area contributed by atoms with Gasteiger partial charge in [0.15, 0.2) is 0 Å². The predicted octanol–water partition coefficient (Wildman–Crippen LogP) is 13.3. The molecule has 0 radical (unpaired) electrons. The van der Waals surface area contributed by atoms with Crippen molar-refractivity contribution in [3.05, 3.63) is 184 Å². The summed E-state index contributed by atoms with van der Waals surface area (Å²) in [4.78, 5) is 5.46. The van der Waals surface area contributed by atoms with Crippen LogP contribution in [0.15, 0.2) is 140 Å². The Hall–Kier alpha value is -5.84. The molecule has 0 saturated heterocycles. The normalized spacial score (nSPS) is 17.5. The minimum Gasteiger partial charge on any atom is -0.376 e. The van der Waals surface area contributed by atoms with Gasteiger partial charge in [-0.15, -0.1) is 11.3 Å². The van der Waals surface area contributed by atoms with E-state index in [-0.39, 0.29) is 17.7 Å². The number of nitrogens with zero attached hydrogens (tertiary/aromatic N) is 2. The lowest BCUT2D eigenvalue weighted by molar-refractivity contribution is 0.332. The molecule has 0 atom stereocenters. The average molecular weight is 777 g/mol. The molecule has 4 heteroatoms. The second kappa shape index (κ2) is 11.3. The van der Waals surface area contributed by atoms with Gasteiger partial charge in [-0.1, -0.05) is 143 Å². The SMILES string of the molecule is Cc1cc2c3c(c1)N(c1cc4c(cc1C)C(C)(C)CCC4(C)C)c1sc4ccccc4c1B3N1c3ccccc3C3(c4ccccc4-c4ccccc43)c3cccc-2c31.